The van der Waals surface area contributed by atoms with Gasteiger partial charge in [0.15, 0.2) is 0 Å². The maximum atomic E-state index is 13.0. The largest absolute Gasteiger partial charge is 0.376 e. The fourth-order valence-corrected chi connectivity index (χ4v) is 2.93. The molecule has 2 nitrogen and oxygen atoms in total. The van der Waals surface area contributed by atoms with Crippen LogP contribution in [0.15, 0.2) is 24.3 Å². The van der Waals surface area contributed by atoms with Gasteiger partial charge in [0, 0.05) is 18.4 Å². The third kappa shape index (κ3) is 2.54. The smallest absolute Gasteiger partial charge is 0.123 e. The Morgan fingerprint density at radius 2 is 2.00 bits per heavy atom. The van der Waals surface area contributed by atoms with Gasteiger partial charge in [-0.25, -0.2) is 4.39 Å². The number of hydrogen-bond donors (Lipinski definition) is 0. The van der Waals surface area contributed by atoms with Gasteiger partial charge < -0.3 is 4.74 Å². The highest BCUT2D eigenvalue weighted by Gasteiger charge is 2.41. The zero-order chi connectivity index (χ0) is 13.2. The van der Waals surface area contributed by atoms with Gasteiger partial charge in [0.1, 0.15) is 5.82 Å². The molecule has 0 N–H and O–H groups in total. The second-order valence-corrected chi connectivity index (χ2v) is 5.66. The second kappa shape index (κ2) is 4.70. The highest BCUT2D eigenvalue weighted by atomic mass is 19.1. The van der Waals surface area contributed by atoms with Crippen molar-refractivity contribution in [3.63, 3.8) is 0 Å². The van der Waals surface area contributed by atoms with Crippen molar-refractivity contribution < 1.29 is 9.13 Å². The van der Waals surface area contributed by atoms with Gasteiger partial charge in [-0.15, -0.1) is 0 Å². The Morgan fingerprint density at radius 1 is 1.33 bits per heavy atom. The van der Waals surface area contributed by atoms with E-state index in [2.05, 4.69) is 6.07 Å². The quantitative estimate of drug-likeness (QED) is 0.800. The van der Waals surface area contributed by atoms with E-state index < -0.39 is 0 Å². The molecule has 2 rings (SSSR count). The van der Waals surface area contributed by atoms with Crippen LogP contribution < -0.4 is 0 Å². The summed E-state index contributed by atoms with van der Waals surface area (Å²) in [6.07, 6.45) is 2.06. The zero-order valence-corrected chi connectivity index (χ0v) is 10.9. The standard InChI is InChI=1S/C15H18FNO/c1-14(2)11-15(7-9-17,8-10-18-14)12-3-5-13(16)6-4-12/h3-6H,7-8,10-11H2,1-2H3/t15-/m0/s1. The van der Waals surface area contributed by atoms with Crippen molar-refractivity contribution in [3.05, 3.63) is 35.6 Å². The third-order valence-electron chi connectivity index (χ3n) is 3.71. The summed E-state index contributed by atoms with van der Waals surface area (Å²) >= 11 is 0. The zero-order valence-electron chi connectivity index (χ0n) is 10.9. The molecule has 96 valence electrons. The van der Waals surface area contributed by atoms with Crippen LogP contribution in [0.2, 0.25) is 0 Å². The number of hydrogen-bond acceptors (Lipinski definition) is 2. The van der Waals surface area contributed by atoms with E-state index in [1.165, 1.54) is 12.1 Å². The molecule has 0 spiro atoms. The van der Waals surface area contributed by atoms with E-state index in [4.69, 9.17) is 10.00 Å². The van der Waals surface area contributed by atoms with Crippen LogP contribution in [0.5, 0.6) is 0 Å². The number of rotatable bonds is 2. The van der Waals surface area contributed by atoms with E-state index >= 15 is 0 Å². The normalized spacial score (nSPS) is 26.6. The monoisotopic (exact) mass is 247 g/mol. The fraction of sp³-hybridized carbons (Fsp3) is 0.533. The van der Waals surface area contributed by atoms with E-state index in [0.29, 0.717) is 13.0 Å². The number of nitriles is 1. The lowest BCUT2D eigenvalue weighted by atomic mass is 9.67. The third-order valence-corrected chi connectivity index (χ3v) is 3.71. The molecule has 1 saturated heterocycles. The molecule has 18 heavy (non-hydrogen) atoms. The van der Waals surface area contributed by atoms with Crippen molar-refractivity contribution in [2.24, 2.45) is 0 Å². The minimum absolute atomic E-state index is 0.204. The summed E-state index contributed by atoms with van der Waals surface area (Å²) in [6.45, 7) is 4.73. The van der Waals surface area contributed by atoms with Crippen molar-refractivity contribution in [1.82, 2.24) is 0 Å². The van der Waals surface area contributed by atoms with E-state index in [0.717, 1.165) is 18.4 Å². The summed E-state index contributed by atoms with van der Waals surface area (Å²) < 4.78 is 18.8. The summed E-state index contributed by atoms with van der Waals surface area (Å²) in [4.78, 5) is 0. The summed E-state index contributed by atoms with van der Waals surface area (Å²) in [7, 11) is 0. The number of benzene rings is 1. The molecule has 0 aliphatic carbocycles. The van der Waals surface area contributed by atoms with Crippen LogP contribution in [0.25, 0.3) is 0 Å². The van der Waals surface area contributed by atoms with Gasteiger partial charge in [-0.1, -0.05) is 12.1 Å². The highest BCUT2D eigenvalue weighted by Crippen LogP contribution is 2.43. The number of ether oxygens (including phenoxy) is 1. The van der Waals surface area contributed by atoms with Gasteiger partial charge in [-0.2, -0.15) is 5.26 Å². The Labute approximate surface area is 107 Å². The predicted molar refractivity (Wildman–Crippen MR) is 67.6 cm³/mol. The minimum atomic E-state index is -0.239. The van der Waals surface area contributed by atoms with Gasteiger partial charge in [-0.05, 0) is 44.4 Å². The highest BCUT2D eigenvalue weighted by molar-refractivity contribution is 5.28. The summed E-state index contributed by atoms with van der Waals surface area (Å²) in [5.74, 6) is -0.239. The van der Waals surface area contributed by atoms with Gasteiger partial charge in [0.05, 0.1) is 11.7 Å². The molecule has 1 atom stereocenters. The lowest BCUT2D eigenvalue weighted by Gasteiger charge is -2.44. The average molecular weight is 247 g/mol. The maximum Gasteiger partial charge on any atom is 0.123 e. The van der Waals surface area contributed by atoms with Gasteiger partial charge in [-0.3, -0.25) is 0 Å². The Kier molecular flexibility index (Phi) is 3.41. The van der Waals surface area contributed by atoms with Crippen molar-refractivity contribution in [1.29, 1.82) is 5.26 Å². The molecule has 1 heterocycles. The lowest BCUT2D eigenvalue weighted by molar-refractivity contribution is -0.0816. The van der Waals surface area contributed by atoms with Crippen LogP contribution in [-0.2, 0) is 10.2 Å². The van der Waals surface area contributed by atoms with Gasteiger partial charge in [0.25, 0.3) is 0 Å². The first-order chi connectivity index (χ1) is 8.47. The van der Waals surface area contributed by atoms with E-state index in [-0.39, 0.29) is 16.8 Å². The van der Waals surface area contributed by atoms with Crippen LogP contribution in [-0.4, -0.2) is 12.2 Å². The topological polar surface area (TPSA) is 33.0 Å². The first-order valence-corrected chi connectivity index (χ1v) is 6.24. The molecule has 0 amide bonds. The predicted octanol–water partition coefficient (Wildman–Crippen LogP) is 3.57. The lowest BCUT2D eigenvalue weighted by Crippen LogP contribution is -2.43. The Hall–Kier alpha value is -1.40. The van der Waals surface area contributed by atoms with E-state index in [9.17, 15) is 4.39 Å². The minimum Gasteiger partial charge on any atom is -0.376 e. The maximum absolute atomic E-state index is 13.0. The van der Waals surface area contributed by atoms with Crippen LogP contribution in [0, 0.1) is 17.1 Å². The van der Waals surface area contributed by atoms with E-state index in [1.807, 2.05) is 13.8 Å². The Balaban J connectivity index is 2.38. The molecule has 0 saturated carbocycles. The van der Waals surface area contributed by atoms with Gasteiger partial charge >= 0.3 is 0 Å². The average Bonchev–Trinajstić information content (AvgIpc) is 2.28. The van der Waals surface area contributed by atoms with Crippen LogP contribution >= 0.6 is 0 Å². The van der Waals surface area contributed by atoms with Gasteiger partial charge in [0.2, 0.25) is 0 Å². The van der Waals surface area contributed by atoms with Crippen molar-refractivity contribution >= 4 is 0 Å². The second-order valence-electron chi connectivity index (χ2n) is 5.66. The summed E-state index contributed by atoms with van der Waals surface area (Å²) in [5, 5.41) is 9.10. The molecule has 0 unspecified atom stereocenters. The molecule has 0 radical (unpaired) electrons. The SMILES string of the molecule is CC1(C)C[C@@](CC#N)(c2ccc(F)cc2)CCO1. The molecule has 0 bridgehead atoms. The summed E-state index contributed by atoms with van der Waals surface area (Å²) in [6, 6.07) is 8.82. The molecule has 1 aliphatic rings. The van der Waals surface area contributed by atoms with Crippen LogP contribution in [0.4, 0.5) is 4.39 Å². The molecule has 0 aromatic heterocycles. The molecule has 1 aromatic rings. The van der Waals surface area contributed by atoms with Crippen molar-refractivity contribution in [2.45, 2.75) is 44.1 Å². The molecule has 1 aromatic carbocycles. The first-order valence-electron chi connectivity index (χ1n) is 6.24. The summed E-state index contributed by atoms with van der Waals surface area (Å²) in [5.41, 5.74) is 0.607. The van der Waals surface area contributed by atoms with Crippen molar-refractivity contribution in [2.75, 3.05) is 6.61 Å². The molecular formula is C15H18FNO. The van der Waals surface area contributed by atoms with Crippen molar-refractivity contribution in [3.8, 4) is 6.07 Å². The first kappa shape index (κ1) is 13.0. The molecule has 1 fully saturated rings. The van der Waals surface area contributed by atoms with Crippen LogP contribution in [0.1, 0.15) is 38.7 Å². The molecule has 3 heteroatoms. The van der Waals surface area contributed by atoms with E-state index in [1.54, 1.807) is 12.1 Å². The Morgan fingerprint density at radius 3 is 2.56 bits per heavy atom. The Bertz CT molecular complexity index is 460. The number of nitrogens with zero attached hydrogens (tertiary/aromatic N) is 1. The molecule has 1 aliphatic heterocycles. The fourth-order valence-electron chi connectivity index (χ4n) is 2.93. The molecular weight excluding hydrogens is 229 g/mol. The number of halogens is 1. The van der Waals surface area contributed by atoms with Crippen LogP contribution in [0.3, 0.4) is 0 Å².